The molecular formula is C20H27BrOSi. The van der Waals surface area contributed by atoms with Crippen LogP contribution in [0.1, 0.15) is 53.2 Å². The Morgan fingerprint density at radius 3 is 1.91 bits per heavy atom. The molecule has 124 valence electrons. The van der Waals surface area contributed by atoms with Crippen LogP contribution >= 0.6 is 15.9 Å². The summed E-state index contributed by atoms with van der Waals surface area (Å²) in [6.45, 7) is 13.7. The molecule has 0 unspecified atom stereocenters. The first kappa shape index (κ1) is 20.0. The van der Waals surface area contributed by atoms with Crippen molar-refractivity contribution in [1.29, 1.82) is 0 Å². The SMILES string of the molecule is CC(C)[Si](C#CC#C[C@H](O)c1ccccc1Br)(C(C)C)C(C)C. The Bertz CT molecular complexity index is 619. The molecule has 0 saturated heterocycles. The van der Waals surface area contributed by atoms with Crippen molar-refractivity contribution >= 4 is 24.0 Å². The van der Waals surface area contributed by atoms with Gasteiger partial charge in [0.15, 0.2) is 0 Å². The fraction of sp³-hybridized carbons (Fsp3) is 0.500. The van der Waals surface area contributed by atoms with Crippen LogP contribution in [0, 0.1) is 23.3 Å². The van der Waals surface area contributed by atoms with Crippen LogP contribution in [0.15, 0.2) is 28.7 Å². The first-order valence-electron chi connectivity index (χ1n) is 8.18. The number of aliphatic hydroxyl groups excluding tert-OH is 1. The van der Waals surface area contributed by atoms with Gasteiger partial charge in [0.25, 0.3) is 0 Å². The summed E-state index contributed by atoms with van der Waals surface area (Å²) in [6, 6.07) is 7.58. The minimum Gasteiger partial charge on any atom is -0.376 e. The highest BCUT2D eigenvalue weighted by atomic mass is 79.9. The van der Waals surface area contributed by atoms with Gasteiger partial charge in [-0.3, -0.25) is 0 Å². The molecule has 0 aromatic heterocycles. The predicted octanol–water partition coefficient (Wildman–Crippen LogP) is 5.71. The van der Waals surface area contributed by atoms with Gasteiger partial charge in [-0.05, 0) is 34.5 Å². The molecule has 0 spiro atoms. The molecule has 1 N–H and O–H groups in total. The van der Waals surface area contributed by atoms with Crippen LogP contribution in [-0.2, 0) is 0 Å². The maximum Gasteiger partial charge on any atom is 0.147 e. The van der Waals surface area contributed by atoms with Gasteiger partial charge in [-0.15, -0.1) is 5.54 Å². The van der Waals surface area contributed by atoms with Crippen LogP contribution in [0.25, 0.3) is 0 Å². The maximum atomic E-state index is 10.2. The molecular weight excluding hydrogens is 364 g/mol. The molecule has 1 atom stereocenters. The summed E-state index contributed by atoms with van der Waals surface area (Å²) in [7, 11) is -1.74. The van der Waals surface area contributed by atoms with Crippen LogP contribution < -0.4 is 0 Å². The summed E-state index contributed by atoms with van der Waals surface area (Å²) in [6.07, 6.45) is -0.812. The van der Waals surface area contributed by atoms with E-state index in [2.05, 4.69) is 80.8 Å². The van der Waals surface area contributed by atoms with Crippen molar-refractivity contribution in [2.75, 3.05) is 0 Å². The van der Waals surface area contributed by atoms with Crippen molar-refractivity contribution in [3.8, 4) is 23.3 Å². The molecule has 0 heterocycles. The number of aliphatic hydroxyl groups is 1. The molecule has 0 radical (unpaired) electrons. The minimum atomic E-state index is -1.74. The van der Waals surface area contributed by atoms with Crippen LogP contribution in [-0.4, -0.2) is 13.2 Å². The zero-order valence-corrected chi connectivity index (χ0v) is 17.5. The highest BCUT2D eigenvalue weighted by molar-refractivity contribution is 9.10. The lowest BCUT2D eigenvalue weighted by atomic mass is 10.1. The van der Waals surface area contributed by atoms with E-state index in [1.165, 1.54) is 0 Å². The Labute approximate surface area is 151 Å². The topological polar surface area (TPSA) is 20.2 Å². The lowest BCUT2D eigenvalue weighted by molar-refractivity contribution is 0.237. The molecule has 1 aromatic rings. The summed E-state index contributed by atoms with van der Waals surface area (Å²) < 4.78 is 0.866. The molecule has 0 aliphatic rings. The third-order valence-corrected chi connectivity index (χ3v) is 11.6. The molecule has 0 fully saturated rings. The van der Waals surface area contributed by atoms with Crippen LogP contribution in [0.2, 0.25) is 16.6 Å². The first-order valence-corrected chi connectivity index (χ1v) is 11.2. The van der Waals surface area contributed by atoms with Gasteiger partial charge in [0.05, 0.1) is 0 Å². The molecule has 0 bridgehead atoms. The van der Waals surface area contributed by atoms with E-state index in [9.17, 15) is 5.11 Å². The van der Waals surface area contributed by atoms with Gasteiger partial charge in [-0.2, -0.15) is 0 Å². The number of benzene rings is 1. The van der Waals surface area contributed by atoms with Gasteiger partial charge < -0.3 is 5.11 Å². The van der Waals surface area contributed by atoms with E-state index in [1.807, 2.05) is 24.3 Å². The second-order valence-corrected chi connectivity index (χ2v) is 13.3. The average molecular weight is 391 g/mol. The molecule has 1 aromatic carbocycles. The predicted molar refractivity (Wildman–Crippen MR) is 106 cm³/mol. The Morgan fingerprint density at radius 2 is 1.43 bits per heavy atom. The van der Waals surface area contributed by atoms with Crippen molar-refractivity contribution in [2.45, 2.75) is 64.3 Å². The van der Waals surface area contributed by atoms with E-state index in [1.54, 1.807) is 0 Å². The molecule has 0 aliphatic heterocycles. The van der Waals surface area contributed by atoms with Crippen LogP contribution in [0.5, 0.6) is 0 Å². The van der Waals surface area contributed by atoms with Crippen LogP contribution in [0.4, 0.5) is 0 Å². The number of halogens is 1. The third kappa shape index (κ3) is 4.74. The smallest absolute Gasteiger partial charge is 0.147 e. The van der Waals surface area contributed by atoms with Gasteiger partial charge in [0.2, 0.25) is 0 Å². The Morgan fingerprint density at radius 1 is 0.913 bits per heavy atom. The van der Waals surface area contributed by atoms with E-state index in [-0.39, 0.29) is 0 Å². The van der Waals surface area contributed by atoms with E-state index < -0.39 is 14.2 Å². The van der Waals surface area contributed by atoms with Crippen molar-refractivity contribution in [2.24, 2.45) is 0 Å². The Balaban J connectivity index is 3.06. The summed E-state index contributed by atoms with van der Waals surface area (Å²) >= 11 is 3.44. The summed E-state index contributed by atoms with van der Waals surface area (Å²) in [5.74, 6) is 8.80. The highest BCUT2D eigenvalue weighted by Gasteiger charge is 2.41. The van der Waals surface area contributed by atoms with Gasteiger partial charge in [0, 0.05) is 10.0 Å². The molecule has 0 aliphatic carbocycles. The molecule has 23 heavy (non-hydrogen) atoms. The highest BCUT2D eigenvalue weighted by Crippen LogP contribution is 2.40. The minimum absolute atomic E-state index is 0.588. The van der Waals surface area contributed by atoms with E-state index in [0.717, 1.165) is 10.0 Å². The van der Waals surface area contributed by atoms with Crippen molar-refractivity contribution in [3.63, 3.8) is 0 Å². The van der Waals surface area contributed by atoms with Gasteiger partial charge >= 0.3 is 0 Å². The quantitative estimate of drug-likeness (QED) is 0.515. The van der Waals surface area contributed by atoms with E-state index >= 15 is 0 Å². The maximum absolute atomic E-state index is 10.2. The molecule has 0 saturated carbocycles. The average Bonchev–Trinajstić information content (AvgIpc) is 2.46. The van der Waals surface area contributed by atoms with Crippen molar-refractivity contribution < 1.29 is 5.11 Å². The third-order valence-electron chi connectivity index (χ3n) is 4.62. The van der Waals surface area contributed by atoms with Gasteiger partial charge in [-0.25, -0.2) is 0 Å². The van der Waals surface area contributed by atoms with Gasteiger partial charge in [-0.1, -0.05) is 81.6 Å². The standard InChI is InChI=1S/C20H27BrOSi/c1-15(2)23(16(3)4,17(5)6)14-10-9-13-20(22)18-11-7-8-12-19(18)21/h7-8,11-12,15-17,20,22H,1-6H3/t20-/m0/s1. The molecule has 0 amide bonds. The van der Waals surface area contributed by atoms with Crippen molar-refractivity contribution in [1.82, 2.24) is 0 Å². The number of hydrogen-bond acceptors (Lipinski definition) is 1. The fourth-order valence-corrected chi connectivity index (χ4v) is 9.10. The van der Waals surface area contributed by atoms with E-state index in [0.29, 0.717) is 16.6 Å². The summed E-state index contributed by atoms with van der Waals surface area (Å²) in [4.78, 5) is 0. The lowest BCUT2D eigenvalue weighted by Gasteiger charge is -2.37. The molecule has 1 rings (SSSR count). The molecule has 1 nitrogen and oxygen atoms in total. The van der Waals surface area contributed by atoms with E-state index in [4.69, 9.17) is 0 Å². The number of rotatable bonds is 4. The lowest BCUT2D eigenvalue weighted by Crippen LogP contribution is -2.43. The van der Waals surface area contributed by atoms with Crippen molar-refractivity contribution in [3.05, 3.63) is 34.3 Å². The Hall–Kier alpha value is -1.00. The normalized spacial score (nSPS) is 12.7. The first-order chi connectivity index (χ1) is 10.7. The zero-order valence-electron chi connectivity index (χ0n) is 14.9. The summed E-state index contributed by atoms with van der Waals surface area (Å²) in [5.41, 5.74) is 6.09. The second kappa shape index (κ2) is 8.74. The Kier molecular flexibility index (Phi) is 7.61. The van der Waals surface area contributed by atoms with Gasteiger partial charge in [0.1, 0.15) is 14.2 Å². The zero-order chi connectivity index (χ0) is 17.6. The monoisotopic (exact) mass is 390 g/mol. The summed E-state index contributed by atoms with van der Waals surface area (Å²) in [5, 5.41) is 10.2. The fourth-order valence-electron chi connectivity index (χ4n) is 3.45. The molecule has 3 heteroatoms. The largest absolute Gasteiger partial charge is 0.376 e. The number of hydrogen-bond donors (Lipinski definition) is 1. The van der Waals surface area contributed by atoms with Crippen LogP contribution in [0.3, 0.4) is 0 Å². The second-order valence-electron chi connectivity index (χ2n) is 6.84.